The third kappa shape index (κ3) is 2.63. The summed E-state index contributed by atoms with van der Waals surface area (Å²) in [4.78, 5) is 8.11. The molecule has 1 aromatic carbocycles. The number of pyridine rings is 1. The van der Waals surface area contributed by atoms with Gasteiger partial charge in [0.2, 0.25) is 0 Å². The van der Waals surface area contributed by atoms with Crippen LogP contribution in [0.1, 0.15) is 0 Å². The molecule has 0 saturated heterocycles. The van der Waals surface area contributed by atoms with Crippen LogP contribution in [0.4, 0.5) is 5.82 Å². The highest BCUT2D eigenvalue weighted by atomic mass is 35.5. The lowest BCUT2D eigenvalue weighted by Crippen LogP contribution is -2.15. The van der Waals surface area contributed by atoms with E-state index in [2.05, 4.69) is 14.7 Å². The molecular formula is C13H10Cl2N4O2S. The summed E-state index contributed by atoms with van der Waals surface area (Å²) in [6.07, 6.45) is 1.55. The lowest BCUT2D eigenvalue weighted by molar-refractivity contribution is 0.601. The van der Waals surface area contributed by atoms with Gasteiger partial charge in [-0.15, -0.1) is 0 Å². The monoisotopic (exact) mass is 356 g/mol. The molecule has 9 heteroatoms. The number of halogens is 2. The second-order valence-corrected chi connectivity index (χ2v) is 7.00. The van der Waals surface area contributed by atoms with Gasteiger partial charge >= 0.3 is 0 Å². The molecule has 3 rings (SSSR count). The van der Waals surface area contributed by atoms with Gasteiger partial charge in [0, 0.05) is 13.1 Å². The summed E-state index contributed by atoms with van der Waals surface area (Å²) < 4.78 is 29.0. The molecule has 0 aliphatic carbocycles. The van der Waals surface area contributed by atoms with Gasteiger partial charge in [-0.05, 0) is 12.1 Å². The number of hydrogen-bond acceptors (Lipinski definition) is 4. The zero-order chi connectivity index (χ0) is 15.9. The second-order valence-electron chi connectivity index (χ2n) is 4.55. The largest absolute Gasteiger partial charge is 0.334 e. The Morgan fingerprint density at radius 1 is 1.23 bits per heavy atom. The van der Waals surface area contributed by atoms with Crippen molar-refractivity contribution in [3.8, 4) is 0 Å². The zero-order valence-electron chi connectivity index (χ0n) is 11.3. The first kappa shape index (κ1) is 15.1. The van der Waals surface area contributed by atoms with E-state index in [1.807, 2.05) is 0 Å². The lowest BCUT2D eigenvalue weighted by atomic mass is 10.4. The number of nitrogens with zero attached hydrogens (tertiary/aromatic N) is 3. The van der Waals surface area contributed by atoms with Crippen molar-refractivity contribution in [2.45, 2.75) is 4.90 Å². The Hall–Kier alpha value is -1.83. The maximum Gasteiger partial charge on any atom is 0.264 e. The first-order chi connectivity index (χ1) is 10.4. The van der Waals surface area contributed by atoms with Gasteiger partial charge in [-0.25, -0.2) is 18.4 Å². The first-order valence-corrected chi connectivity index (χ1v) is 8.37. The molecule has 0 aliphatic rings. The van der Waals surface area contributed by atoms with Crippen LogP contribution in [-0.4, -0.2) is 23.0 Å². The summed E-state index contributed by atoms with van der Waals surface area (Å²) in [5.41, 5.74) is 1.07. The van der Waals surface area contributed by atoms with Crippen molar-refractivity contribution in [3.05, 3.63) is 46.8 Å². The maximum absolute atomic E-state index is 12.5. The highest BCUT2D eigenvalue weighted by Gasteiger charge is 2.20. The van der Waals surface area contributed by atoms with Crippen LogP contribution in [0.5, 0.6) is 0 Å². The molecule has 0 aliphatic heterocycles. The Morgan fingerprint density at radius 2 is 1.95 bits per heavy atom. The van der Waals surface area contributed by atoms with Gasteiger partial charge < -0.3 is 4.57 Å². The van der Waals surface area contributed by atoms with Gasteiger partial charge in [0.1, 0.15) is 15.6 Å². The molecule has 22 heavy (non-hydrogen) atoms. The molecule has 0 spiro atoms. The van der Waals surface area contributed by atoms with E-state index >= 15 is 0 Å². The number of rotatable bonds is 3. The van der Waals surface area contributed by atoms with E-state index in [4.69, 9.17) is 23.2 Å². The SMILES string of the molecule is Cn1cnc2c(NS(=O)(=O)c3ccccc3Cl)nc(Cl)cc21. The summed E-state index contributed by atoms with van der Waals surface area (Å²) in [5.74, 6) is 0.0584. The molecule has 3 aromatic rings. The zero-order valence-corrected chi connectivity index (χ0v) is 13.6. The van der Waals surface area contributed by atoms with Crippen LogP contribution in [0.3, 0.4) is 0 Å². The third-order valence-corrected chi connectivity index (χ3v) is 5.07. The molecule has 0 unspecified atom stereocenters. The Kier molecular flexibility index (Phi) is 3.72. The van der Waals surface area contributed by atoms with Crippen LogP contribution in [0, 0.1) is 0 Å². The molecule has 0 atom stereocenters. The highest BCUT2D eigenvalue weighted by Crippen LogP contribution is 2.27. The number of imidazole rings is 1. The fourth-order valence-electron chi connectivity index (χ4n) is 2.01. The molecule has 2 aromatic heterocycles. The Labute approximate surface area is 136 Å². The second kappa shape index (κ2) is 5.42. The summed E-state index contributed by atoms with van der Waals surface area (Å²) in [7, 11) is -2.12. The average molecular weight is 357 g/mol. The van der Waals surface area contributed by atoms with E-state index in [-0.39, 0.29) is 20.9 Å². The fourth-order valence-corrected chi connectivity index (χ4v) is 3.73. The summed E-state index contributed by atoms with van der Waals surface area (Å²) in [6.45, 7) is 0. The van der Waals surface area contributed by atoms with Crippen LogP contribution in [0.2, 0.25) is 10.2 Å². The maximum atomic E-state index is 12.5. The quantitative estimate of drug-likeness (QED) is 0.731. The van der Waals surface area contributed by atoms with E-state index in [1.54, 1.807) is 36.1 Å². The highest BCUT2D eigenvalue weighted by molar-refractivity contribution is 7.92. The van der Waals surface area contributed by atoms with Crippen molar-refractivity contribution < 1.29 is 8.42 Å². The molecule has 114 valence electrons. The summed E-state index contributed by atoms with van der Waals surface area (Å²) >= 11 is 11.9. The van der Waals surface area contributed by atoms with Crippen molar-refractivity contribution in [2.24, 2.45) is 7.05 Å². The first-order valence-electron chi connectivity index (χ1n) is 6.13. The number of sulfonamides is 1. The van der Waals surface area contributed by atoms with Gasteiger partial charge in [0.15, 0.2) is 5.82 Å². The summed E-state index contributed by atoms with van der Waals surface area (Å²) in [6, 6.07) is 7.75. The Morgan fingerprint density at radius 3 is 2.68 bits per heavy atom. The number of nitrogens with one attached hydrogen (secondary N) is 1. The number of anilines is 1. The smallest absolute Gasteiger partial charge is 0.264 e. The molecule has 0 amide bonds. The fraction of sp³-hybridized carbons (Fsp3) is 0.0769. The molecule has 2 heterocycles. The van der Waals surface area contributed by atoms with Crippen molar-refractivity contribution >= 4 is 50.1 Å². The topological polar surface area (TPSA) is 76.9 Å². The molecular weight excluding hydrogens is 347 g/mol. The minimum atomic E-state index is -3.90. The van der Waals surface area contributed by atoms with E-state index in [9.17, 15) is 8.42 Å². The molecule has 1 N–H and O–H groups in total. The third-order valence-electron chi connectivity index (χ3n) is 3.04. The number of aryl methyl sites for hydroxylation is 1. The van der Waals surface area contributed by atoms with Crippen LogP contribution in [0.25, 0.3) is 11.0 Å². The van der Waals surface area contributed by atoms with Crippen LogP contribution in [-0.2, 0) is 17.1 Å². The van der Waals surface area contributed by atoms with E-state index in [0.29, 0.717) is 11.0 Å². The van der Waals surface area contributed by atoms with Crippen LogP contribution >= 0.6 is 23.2 Å². The standard InChI is InChI=1S/C13H10Cl2N4O2S/c1-19-7-16-12-9(19)6-11(15)17-13(12)18-22(20,21)10-5-3-2-4-8(10)14/h2-7H,1H3,(H,17,18). The van der Waals surface area contributed by atoms with Gasteiger partial charge in [0.25, 0.3) is 10.0 Å². The van der Waals surface area contributed by atoms with E-state index < -0.39 is 10.0 Å². The molecule has 0 radical (unpaired) electrons. The number of hydrogen-bond donors (Lipinski definition) is 1. The van der Waals surface area contributed by atoms with Gasteiger partial charge in [0.05, 0.1) is 16.9 Å². The van der Waals surface area contributed by atoms with Crippen molar-refractivity contribution in [1.29, 1.82) is 0 Å². The minimum absolute atomic E-state index is 0.0393. The minimum Gasteiger partial charge on any atom is -0.334 e. The molecule has 0 fully saturated rings. The predicted octanol–water partition coefficient (Wildman–Crippen LogP) is 3.08. The number of aromatic nitrogens is 3. The summed E-state index contributed by atoms with van der Waals surface area (Å²) in [5, 5.41) is 0.280. The average Bonchev–Trinajstić information content (AvgIpc) is 2.80. The molecule has 0 bridgehead atoms. The Balaban J connectivity index is 2.12. The van der Waals surface area contributed by atoms with Gasteiger partial charge in [-0.3, -0.25) is 4.72 Å². The van der Waals surface area contributed by atoms with Crippen molar-refractivity contribution in [3.63, 3.8) is 0 Å². The lowest BCUT2D eigenvalue weighted by Gasteiger charge is -2.09. The van der Waals surface area contributed by atoms with Crippen molar-refractivity contribution in [2.75, 3.05) is 4.72 Å². The van der Waals surface area contributed by atoms with Crippen LogP contribution < -0.4 is 4.72 Å². The van der Waals surface area contributed by atoms with E-state index in [0.717, 1.165) is 0 Å². The number of fused-ring (bicyclic) bond motifs is 1. The predicted molar refractivity (Wildman–Crippen MR) is 85.8 cm³/mol. The van der Waals surface area contributed by atoms with Crippen molar-refractivity contribution in [1.82, 2.24) is 14.5 Å². The number of benzene rings is 1. The van der Waals surface area contributed by atoms with Gasteiger partial charge in [-0.2, -0.15) is 0 Å². The normalized spacial score (nSPS) is 11.8. The molecule has 0 saturated carbocycles. The van der Waals surface area contributed by atoms with Crippen LogP contribution in [0.15, 0.2) is 41.6 Å². The molecule has 6 nitrogen and oxygen atoms in total. The Bertz CT molecular complexity index is 969. The van der Waals surface area contributed by atoms with E-state index in [1.165, 1.54) is 12.1 Å². The van der Waals surface area contributed by atoms with Gasteiger partial charge in [-0.1, -0.05) is 35.3 Å².